The molecule has 4 aliphatic rings. The molecule has 0 heterocycles. The molecule has 4 rings (SSSR count). The molecule has 222 valence electrons. The monoisotopic (exact) mass is 563 g/mol. The first kappa shape index (κ1) is 30.9. The van der Waals surface area contributed by atoms with E-state index in [2.05, 4.69) is 43.8 Å². The molecule has 6 heteroatoms. The highest BCUT2D eigenvalue weighted by molar-refractivity contribution is 6.17. The lowest BCUT2D eigenvalue weighted by Gasteiger charge is -2.58. The van der Waals surface area contributed by atoms with Crippen LogP contribution in [0.3, 0.4) is 0 Å². The first-order valence-corrected chi connectivity index (χ1v) is 16.5. The molecule has 0 bridgehead atoms. The number of esters is 1. The van der Waals surface area contributed by atoms with Gasteiger partial charge in [-0.25, -0.2) is 0 Å². The zero-order valence-corrected chi connectivity index (χ0v) is 25.8. The zero-order valence-electron chi connectivity index (χ0n) is 25.1. The summed E-state index contributed by atoms with van der Waals surface area (Å²) in [6, 6.07) is -0.175. The molecule has 5 unspecified atom stereocenters. The van der Waals surface area contributed by atoms with Crippen LogP contribution < -0.4 is 5.32 Å². The largest absolute Gasteiger partial charge is 0.449 e. The van der Waals surface area contributed by atoms with Gasteiger partial charge in [-0.3, -0.25) is 9.59 Å². The van der Waals surface area contributed by atoms with Crippen LogP contribution in [0.1, 0.15) is 118 Å². The third-order valence-corrected chi connectivity index (χ3v) is 11.5. The van der Waals surface area contributed by atoms with Crippen molar-refractivity contribution in [3.05, 3.63) is 11.6 Å². The fourth-order valence-corrected chi connectivity index (χ4v) is 9.27. The van der Waals surface area contributed by atoms with Crippen LogP contribution in [0.2, 0.25) is 0 Å². The van der Waals surface area contributed by atoms with Crippen LogP contribution in [0.25, 0.3) is 0 Å². The summed E-state index contributed by atoms with van der Waals surface area (Å²) in [6.45, 7) is 10.9. The molecule has 39 heavy (non-hydrogen) atoms. The number of amides is 1. The number of hydrogen-bond donors (Lipinski definition) is 1. The summed E-state index contributed by atoms with van der Waals surface area (Å²) in [6.07, 6.45) is 19.1. The molecule has 0 aliphatic heterocycles. The first-order valence-electron chi connectivity index (χ1n) is 16.0. The van der Waals surface area contributed by atoms with E-state index in [-0.39, 0.29) is 30.9 Å². The summed E-state index contributed by atoms with van der Waals surface area (Å²) in [5, 5.41) is 2.85. The number of hydrogen-bond acceptors (Lipinski definition) is 4. The Morgan fingerprint density at radius 1 is 1.08 bits per heavy atom. The quantitative estimate of drug-likeness (QED) is 0.107. The Labute approximate surface area is 242 Å². The average molecular weight is 564 g/mol. The van der Waals surface area contributed by atoms with Crippen molar-refractivity contribution in [3.8, 4) is 0 Å². The van der Waals surface area contributed by atoms with Crippen molar-refractivity contribution in [2.75, 3.05) is 19.2 Å². The molecule has 0 aromatic heterocycles. The Bertz CT molecular complexity index is 874. The maximum Gasteiger partial charge on any atom is 0.307 e. The molecule has 0 aromatic carbocycles. The van der Waals surface area contributed by atoms with E-state index in [4.69, 9.17) is 16.3 Å². The van der Waals surface area contributed by atoms with Crippen molar-refractivity contribution in [1.29, 1.82) is 0 Å². The number of rotatable bonds is 13. The molecule has 1 N–H and O–H groups in total. The topological polar surface area (TPSA) is 64.6 Å². The molecule has 0 saturated heterocycles. The Hall–Kier alpha value is -1.07. The van der Waals surface area contributed by atoms with Gasteiger partial charge in [-0.05, 0) is 98.2 Å². The molecule has 0 radical (unpaired) electrons. The second-order valence-electron chi connectivity index (χ2n) is 14.0. The van der Waals surface area contributed by atoms with Gasteiger partial charge in [-0.15, -0.1) is 0 Å². The molecule has 3 saturated carbocycles. The van der Waals surface area contributed by atoms with E-state index in [0.717, 1.165) is 42.4 Å². The van der Waals surface area contributed by atoms with E-state index in [1.165, 1.54) is 64.2 Å². The average Bonchev–Trinajstić information content (AvgIpc) is 3.24. The molecule has 1 amide bonds. The lowest BCUT2D eigenvalue weighted by molar-refractivity contribution is -0.143. The molecular weight excluding hydrogens is 510 g/mol. The molecular formula is C33H54ClNO4. The molecule has 3 fully saturated rings. The summed E-state index contributed by atoms with van der Waals surface area (Å²) in [4.78, 5) is 23.3. The van der Waals surface area contributed by atoms with Gasteiger partial charge in [0.2, 0.25) is 5.91 Å². The van der Waals surface area contributed by atoms with Gasteiger partial charge in [-0.2, -0.15) is 0 Å². The Morgan fingerprint density at radius 3 is 2.67 bits per heavy atom. The van der Waals surface area contributed by atoms with Gasteiger partial charge in [0, 0.05) is 13.0 Å². The van der Waals surface area contributed by atoms with E-state index >= 15 is 0 Å². The van der Waals surface area contributed by atoms with Crippen molar-refractivity contribution in [1.82, 2.24) is 5.32 Å². The molecule has 5 nitrogen and oxygen atoms in total. The normalized spacial score (nSPS) is 35.5. The van der Waals surface area contributed by atoms with Gasteiger partial charge in [0.25, 0.3) is 0 Å². The maximum absolute atomic E-state index is 12.0. The zero-order chi connectivity index (χ0) is 28.0. The van der Waals surface area contributed by atoms with E-state index in [0.29, 0.717) is 24.0 Å². The molecule has 7 atom stereocenters. The minimum absolute atomic E-state index is 0.0515. The van der Waals surface area contributed by atoms with Gasteiger partial charge in [0.1, 0.15) is 0 Å². The van der Waals surface area contributed by atoms with Gasteiger partial charge in [0.05, 0.1) is 19.1 Å². The molecule has 0 spiro atoms. The van der Waals surface area contributed by atoms with Crippen LogP contribution in [0.5, 0.6) is 0 Å². The second kappa shape index (κ2) is 13.7. The fraction of sp³-hybridized carbons (Fsp3) is 0.879. The van der Waals surface area contributed by atoms with Crippen LogP contribution in [0.15, 0.2) is 11.6 Å². The number of allylic oxidation sites excluding steroid dienone is 1. The number of halogens is 1. The third kappa shape index (κ3) is 7.23. The number of unbranched alkanes of at least 4 members (excludes halogenated alkanes) is 1. The van der Waals surface area contributed by atoms with Crippen molar-refractivity contribution < 1.29 is 19.1 Å². The molecule has 4 aliphatic carbocycles. The second-order valence-corrected chi connectivity index (χ2v) is 14.2. The molecule has 0 aromatic rings. The summed E-state index contributed by atoms with van der Waals surface area (Å²) >= 11 is 5.37. The Kier molecular flexibility index (Phi) is 10.9. The van der Waals surface area contributed by atoms with Crippen LogP contribution in [-0.2, 0) is 19.1 Å². The van der Waals surface area contributed by atoms with E-state index in [9.17, 15) is 9.59 Å². The Balaban J connectivity index is 1.24. The van der Waals surface area contributed by atoms with Gasteiger partial charge < -0.3 is 14.8 Å². The van der Waals surface area contributed by atoms with E-state index in [1.54, 1.807) is 5.57 Å². The summed E-state index contributed by atoms with van der Waals surface area (Å²) < 4.78 is 10.9. The fourth-order valence-electron chi connectivity index (χ4n) is 9.15. The van der Waals surface area contributed by atoms with Gasteiger partial charge in [-0.1, -0.05) is 70.2 Å². The predicted molar refractivity (Wildman–Crippen MR) is 157 cm³/mol. The van der Waals surface area contributed by atoms with Crippen LogP contribution >= 0.6 is 11.6 Å². The number of nitrogens with one attached hydrogen (secondary N) is 1. The van der Waals surface area contributed by atoms with Gasteiger partial charge >= 0.3 is 5.97 Å². The smallest absolute Gasteiger partial charge is 0.307 e. The predicted octanol–water partition coefficient (Wildman–Crippen LogP) is 7.80. The minimum atomic E-state index is -0.447. The summed E-state index contributed by atoms with van der Waals surface area (Å²) in [5.41, 5.74) is 2.55. The highest BCUT2D eigenvalue weighted by Gasteiger charge is 2.58. The van der Waals surface area contributed by atoms with E-state index in [1.807, 2.05) is 0 Å². The van der Waals surface area contributed by atoms with E-state index < -0.39 is 5.97 Å². The lowest BCUT2D eigenvalue weighted by atomic mass is 9.47. The number of alkyl halides is 1. The summed E-state index contributed by atoms with van der Waals surface area (Å²) in [7, 11) is 0. The van der Waals surface area contributed by atoms with Crippen molar-refractivity contribution in [3.63, 3.8) is 0 Å². The number of carbonyl (C=O) groups is 2. The van der Waals surface area contributed by atoms with Crippen LogP contribution in [0, 0.1) is 40.4 Å². The first-order chi connectivity index (χ1) is 18.7. The van der Waals surface area contributed by atoms with Crippen molar-refractivity contribution in [2.45, 2.75) is 124 Å². The maximum atomic E-state index is 12.0. The van der Waals surface area contributed by atoms with Gasteiger partial charge in [0.15, 0.2) is 6.07 Å². The minimum Gasteiger partial charge on any atom is -0.449 e. The van der Waals surface area contributed by atoms with Crippen molar-refractivity contribution in [2.24, 2.45) is 40.4 Å². The Morgan fingerprint density at radius 2 is 1.90 bits per heavy atom. The van der Waals surface area contributed by atoms with Crippen molar-refractivity contribution >= 4 is 23.5 Å². The lowest BCUT2D eigenvalue weighted by Crippen LogP contribution is -2.50. The third-order valence-electron chi connectivity index (χ3n) is 11.4. The van der Waals surface area contributed by atoms with Crippen LogP contribution in [0.4, 0.5) is 0 Å². The highest BCUT2D eigenvalue weighted by Crippen LogP contribution is 2.66. The highest BCUT2D eigenvalue weighted by atomic mass is 35.5. The number of carbonyl (C=O) groups excluding carboxylic acids is 2. The van der Waals surface area contributed by atoms with Crippen LogP contribution in [-0.4, -0.2) is 37.2 Å². The SMILES string of the molecule is CC(C)CCCC[C@H]1CCC2C3CC=C4CC(OCCNC(=O)CCC(=O)OCCl)CCC4(C)C3CC[C@@]21C. The summed E-state index contributed by atoms with van der Waals surface area (Å²) in [5.74, 6) is 3.79. The number of ether oxygens (including phenoxy) is 2. The standard InChI is InChI=1S/C33H54ClNO4/c1-23(2)7-5-6-8-24-10-12-28-27-11-9-25-21-26(15-17-33(25,4)29(27)16-18-32(24,28)3)38-20-19-35-30(36)13-14-31(37)39-22-34/h9,23-24,26-29H,5-8,10-22H2,1-4H3,(H,35,36)/t24-,26?,27?,28?,29?,32+,33?/m0/s1. The number of fused-ring (bicyclic) bond motifs is 5.